The number of fused-ring (bicyclic) bond motifs is 1. The summed E-state index contributed by atoms with van der Waals surface area (Å²) in [5.74, 6) is -0.0566. The first-order valence-corrected chi connectivity index (χ1v) is 8.55. The van der Waals surface area contributed by atoms with Crippen LogP contribution in [0.5, 0.6) is 0 Å². The lowest BCUT2D eigenvalue weighted by atomic mass is 10.1. The van der Waals surface area contributed by atoms with Gasteiger partial charge in [-0.25, -0.2) is 9.67 Å². The van der Waals surface area contributed by atoms with Gasteiger partial charge in [-0.3, -0.25) is 14.8 Å². The van der Waals surface area contributed by atoms with Gasteiger partial charge in [0.1, 0.15) is 5.69 Å². The van der Waals surface area contributed by atoms with Crippen LogP contribution in [-0.4, -0.2) is 26.2 Å². The standard InChI is InChI=1S/C19H17F3N4O/c20-19(21,22)16-7-4-8-17(23-16)26-18(27)14-9-10-25(12-15(14)24-26)11-13-5-2-1-3-6-13/h1-8,24H,9-12H2. The number of aromatic amines is 1. The molecule has 1 aromatic carbocycles. The summed E-state index contributed by atoms with van der Waals surface area (Å²) in [5, 5.41) is 2.95. The molecule has 0 bridgehead atoms. The number of H-pyrrole nitrogens is 1. The van der Waals surface area contributed by atoms with Crippen LogP contribution in [-0.2, 0) is 25.7 Å². The molecule has 0 fully saturated rings. The summed E-state index contributed by atoms with van der Waals surface area (Å²) in [6, 6.07) is 13.5. The minimum absolute atomic E-state index is 0.0566. The van der Waals surface area contributed by atoms with E-state index in [0.29, 0.717) is 25.1 Å². The summed E-state index contributed by atoms with van der Waals surface area (Å²) < 4.78 is 39.8. The second-order valence-corrected chi connectivity index (χ2v) is 6.53. The number of halogens is 3. The molecule has 0 spiro atoms. The Morgan fingerprint density at radius 1 is 1.07 bits per heavy atom. The molecule has 0 aliphatic carbocycles. The fourth-order valence-electron chi connectivity index (χ4n) is 3.32. The molecule has 27 heavy (non-hydrogen) atoms. The van der Waals surface area contributed by atoms with Gasteiger partial charge in [0.05, 0.1) is 5.69 Å². The summed E-state index contributed by atoms with van der Waals surface area (Å²) in [5.41, 5.74) is 1.14. The molecule has 2 aromatic heterocycles. The molecule has 0 saturated heterocycles. The van der Waals surface area contributed by atoms with Gasteiger partial charge in [0, 0.05) is 25.2 Å². The third-order valence-electron chi connectivity index (χ3n) is 4.63. The third-order valence-corrected chi connectivity index (χ3v) is 4.63. The highest BCUT2D eigenvalue weighted by atomic mass is 19.4. The second kappa shape index (κ2) is 6.70. The normalized spacial score (nSPS) is 14.9. The monoisotopic (exact) mass is 374 g/mol. The predicted octanol–water partition coefficient (Wildman–Crippen LogP) is 3.14. The molecule has 0 saturated carbocycles. The highest BCUT2D eigenvalue weighted by Crippen LogP contribution is 2.28. The Morgan fingerprint density at radius 3 is 2.59 bits per heavy atom. The number of rotatable bonds is 3. The Balaban J connectivity index is 1.61. The molecule has 0 radical (unpaired) electrons. The average molecular weight is 374 g/mol. The summed E-state index contributed by atoms with van der Waals surface area (Å²) in [7, 11) is 0. The van der Waals surface area contributed by atoms with Crippen molar-refractivity contribution in [3.8, 4) is 5.82 Å². The molecule has 0 unspecified atom stereocenters. The first-order chi connectivity index (χ1) is 12.9. The molecule has 8 heteroatoms. The van der Waals surface area contributed by atoms with Crippen LogP contribution in [0.15, 0.2) is 53.3 Å². The van der Waals surface area contributed by atoms with Crippen molar-refractivity contribution in [2.24, 2.45) is 0 Å². The van der Waals surface area contributed by atoms with Gasteiger partial charge in [-0.15, -0.1) is 0 Å². The van der Waals surface area contributed by atoms with E-state index in [1.54, 1.807) is 0 Å². The zero-order valence-corrected chi connectivity index (χ0v) is 14.3. The van der Waals surface area contributed by atoms with Gasteiger partial charge in [-0.05, 0) is 24.1 Å². The van der Waals surface area contributed by atoms with Crippen LogP contribution in [0.1, 0.15) is 22.5 Å². The van der Waals surface area contributed by atoms with E-state index in [1.807, 2.05) is 30.3 Å². The Morgan fingerprint density at radius 2 is 1.85 bits per heavy atom. The fraction of sp³-hybridized carbons (Fsp3) is 0.263. The third kappa shape index (κ3) is 3.52. The number of nitrogens with one attached hydrogen (secondary N) is 1. The maximum atomic E-state index is 12.9. The number of aromatic nitrogens is 3. The Bertz CT molecular complexity index is 1010. The van der Waals surface area contributed by atoms with E-state index in [2.05, 4.69) is 15.0 Å². The number of nitrogens with zero attached hydrogens (tertiary/aromatic N) is 3. The van der Waals surface area contributed by atoms with Gasteiger partial charge in [0.25, 0.3) is 5.56 Å². The van der Waals surface area contributed by atoms with Crippen LogP contribution in [0.2, 0.25) is 0 Å². The van der Waals surface area contributed by atoms with Gasteiger partial charge in [-0.1, -0.05) is 36.4 Å². The Hall–Kier alpha value is -2.87. The highest BCUT2D eigenvalue weighted by molar-refractivity contribution is 5.30. The van der Waals surface area contributed by atoms with E-state index >= 15 is 0 Å². The number of hydrogen-bond acceptors (Lipinski definition) is 3. The Kier molecular flexibility index (Phi) is 4.35. The summed E-state index contributed by atoms with van der Waals surface area (Å²) >= 11 is 0. The van der Waals surface area contributed by atoms with Gasteiger partial charge in [0.15, 0.2) is 5.82 Å². The number of alkyl halides is 3. The lowest BCUT2D eigenvalue weighted by Crippen LogP contribution is -2.31. The van der Waals surface area contributed by atoms with E-state index in [9.17, 15) is 18.0 Å². The molecule has 1 N–H and O–H groups in total. The van der Waals surface area contributed by atoms with Crippen LogP contribution >= 0.6 is 0 Å². The van der Waals surface area contributed by atoms with Crippen molar-refractivity contribution in [3.63, 3.8) is 0 Å². The zero-order valence-electron chi connectivity index (χ0n) is 14.3. The van der Waals surface area contributed by atoms with Crippen molar-refractivity contribution < 1.29 is 13.2 Å². The molecule has 1 aliphatic heterocycles. The van der Waals surface area contributed by atoms with E-state index in [4.69, 9.17) is 0 Å². The van der Waals surface area contributed by atoms with E-state index < -0.39 is 11.9 Å². The van der Waals surface area contributed by atoms with Crippen molar-refractivity contribution in [1.29, 1.82) is 0 Å². The van der Waals surface area contributed by atoms with Gasteiger partial charge < -0.3 is 0 Å². The van der Waals surface area contributed by atoms with Crippen LogP contribution in [0, 0.1) is 0 Å². The molecule has 1 aliphatic rings. The summed E-state index contributed by atoms with van der Waals surface area (Å²) in [6.07, 6.45) is -4.01. The van der Waals surface area contributed by atoms with Gasteiger partial charge in [-0.2, -0.15) is 13.2 Å². The van der Waals surface area contributed by atoms with Crippen LogP contribution in [0.25, 0.3) is 5.82 Å². The smallest absolute Gasteiger partial charge is 0.293 e. The fourth-order valence-corrected chi connectivity index (χ4v) is 3.32. The quantitative estimate of drug-likeness (QED) is 0.766. The molecule has 3 heterocycles. The lowest BCUT2D eigenvalue weighted by Gasteiger charge is -2.25. The minimum Gasteiger partial charge on any atom is -0.293 e. The second-order valence-electron chi connectivity index (χ2n) is 6.53. The van der Waals surface area contributed by atoms with Crippen molar-refractivity contribution in [3.05, 3.63) is 81.4 Å². The highest BCUT2D eigenvalue weighted by Gasteiger charge is 2.33. The number of benzene rings is 1. The maximum absolute atomic E-state index is 12.9. The maximum Gasteiger partial charge on any atom is 0.433 e. The van der Waals surface area contributed by atoms with Crippen LogP contribution < -0.4 is 5.56 Å². The van der Waals surface area contributed by atoms with Crippen molar-refractivity contribution >= 4 is 0 Å². The Labute approximate surface area is 153 Å². The molecule has 5 nitrogen and oxygen atoms in total. The molecule has 0 atom stereocenters. The predicted molar refractivity (Wildman–Crippen MR) is 93.4 cm³/mol. The van der Waals surface area contributed by atoms with Crippen LogP contribution in [0.4, 0.5) is 13.2 Å². The van der Waals surface area contributed by atoms with Gasteiger partial charge >= 0.3 is 6.18 Å². The number of hydrogen-bond donors (Lipinski definition) is 1. The molecule has 140 valence electrons. The van der Waals surface area contributed by atoms with E-state index in [1.165, 1.54) is 17.7 Å². The first-order valence-electron chi connectivity index (χ1n) is 8.55. The SMILES string of the molecule is O=c1c2c([nH]n1-c1cccc(C(F)(F)F)n1)CN(Cc1ccccc1)CC2. The summed E-state index contributed by atoms with van der Waals surface area (Å²) in [6.45, 7) is 1.99. The lowest BCUT2D eigenvalue weighted by molar-refractivity contribution is -0.141. The molecule has 0 amide bonds. The van der Waals surface area contributed by atoms with E-state index in [-0.39, 0.29) is 11.4 Å². The van der Waals surface area contributed by atoms with Crippen molar-refractivity contribution in [2.45, 2.75) is 25.7 Å². The molecular formula is C19H17F3N4O. The van der Waals surface area contributed by atoms with Crippen molar-refractivity contribution in [2.75, 3.05) is 6.54 Å². The number of pyridine rings is 1. The molecule has 4 rings (SSSR count). The van der Waals surface area contributed by atoms with Crippen molar-refractivity contribution in [1.82, 2.24) is 19.7 Å². The minimum atomic E-state index is -4.56. The average Bonchev–Trinajstić information content (AvgIpc) is 2.98. The largest absolute Gasteiger partial charge is 0.433 e. The van der Waals surface area contributed by atoms with Gasteiger partial charge in [0.2, 0.25) is 0 Å². The zero-order chi connectivity index (χ0) is 19.0. The molecule has 3 aromatic rings. The topological polar surface area (TPSA) is 53.9 Å². The molecular weight excluding hydrogens is 357 g/mol. The first kappa shape index (κ1) is 17.5. The van der Waals surface area contributed by atoms with E-state index in [0.717, 1.165) is 23.0 Å². The van der Waals surface area contributed by atoms with Crippen LogP contribution in [0.3, 0.4) is 0 Å². The summed E-state index contributed by atoms with van der Waals surface area (Å²) in [4.78, 5) is 18.4.